The van der Waals surface area contributed by atoms with Crippen LogP contribution in [0.25, 0.3) is 0 Å². The number of ether oxygens (including phenoxy) is 1. The highest BCUT2D eigenvalue weighted by Crippen LogP contribution is 2.28. The van der Waals surface area contributed by atoms with Crippen LogP contribution in [-0.2, 0) is 9.53 Å². The molecule has 1 rings (SSSR count). The number of carbonyl (C=O) groups excluding carboxylic acids is 1. The second-order valence-electron chi connectivity index (χ2n) is 4.84. The normalized spacial score (nSPS) is 12.9. The zero-order chi connectivity index (χ0) is 14.8. The largest absolute Gasteiger partial charge is 0.479 e. The van der Waals surface area contributed by atoms with Crippen LogP contribution in [0.2, 0.25) is 0 Å². The summed E-state index contributed by atoms with van der Waals surface area (Å²) in [6.07, 6.45) is -2.33. The number of anilines is 1. The van der Waals surface area contributed by atoms with E-state index in [-0.39, 0.29) is 10.0 Å². The summed E-state index contributed by atoms with van der Waals surface area (Å²) in [6, 6.07) is 0. The number of nitrogens with zero attached hydrogens (tertiary/aromatic N) is 1. The highest BCUT2D eigenvalue weighted by molar-refractivity contribution is 7.16. The summed E-state index contributed by atoms with van der Waals surface area (Å²) in [6.45, 7) is 6.72. The van der Waals surface area contributed by atoms with Gasteiger partial charge in [0.1, 0.15) is 5.60 Å². The van der Waals surface area contributed by atoms with Gasteiger partial charge >= 0.3 is 12.1 Å². The van der Waals surface area contributed by atoms with E-state index in [9.17, 15) is 14.7 Å². The number of hydrogen-bond acceptors (Lipinski definition) is 6. The van der Waals surface area contributed by atoms with Gasteiger partial charge in [0.25, 0.3) is 0 Å². The smallest absolute Gasteiger partial charge is 0.413 e. The third kappa shape index (κ3) is 4.49. The minimum absolute atomic E-state index is 0.179. The zero-order valence-corrected chi connectivity index (χ0v) is 11.9. The Balaban J connectivity index is 2.79. The van der Waals surface area contributed by atoms with E-state index in [4.69, 9.17) is 9.84 Å². The third-order valence-corrected chi connectivity index (χ3v) is 3.05. The highest BCUT2D eigenvalue weighted by atomic mass is 32.1. The number of amides is 1. The molecule has 0 bridgehead atoms. The van der Waals surface area contributed by atoms with Crippen molar-refractivity contribution in [2.75, 3.05) is 5.32 Å². The lowest BCUT2D eigenvalue weighted by Crippen LogP contribution is -2.27. The summed E-state index contributed by atoms with van der Waals surface area (Å²) in [5.74, 6) is -1.37. The standard InChI is InChI=1S/C11H16N2O5S/c1-5-7(6(14)8(15)16)19-9(12-5)13-10(17)18-11(2,3)4/h6,14H,1-4H3,(H,15,16)(H,12,13,17). The molecule has 0 spiro atoms. The average molecular weight is 288 g/mol. The van der Waals surface area contributed by atoms with Crippen molar-refractivity contribution in [2.45, 2.75) is 39.4 Å². The van der Waals surface area contributed by atoms with E-state index in [0.29, 0.717) is 5.69 Å². The number of aromatic nitrogens is 1. The van der Waals surface area contributed by atoms with Gasteiger partial charge in [0.2, 0.25) is 0 Å². The fraction of sp³-hybridized carbons (Fsp3) is 0.545. The lowest BCUT2D eigenvalue weighted by molar-refractivity contribution is -0.146. The van der Waals surface area contributed by atoms with Gasteiger partial charge in [-0.25, -0.2) is 14.6 Å². The topological polar surface area (TPSA) is 109 Å². The molecule has 0 aliphatic rings. The van der Waals surface area contributed by atoms with Gasteiger partial charge in [-0.1, -0.05) is 11.3 Å². The van der Waals surface area contributed by atoms with E-state index >= 15 is 0 Å². The maximum absolute atomic E-state index is 11.5. The molecule has 1 unspecified atom stereocenters. The number of hydrogen-bond donors (Lipinski definition) is 3. The molecule has 0 aliphatic carbocycles. The Hall–Kier alpha value is -1.67. The number of carboxylic acid groups (broad SMARTS) is 1. The highest BCUT2D eigenvalue weighted by Gasteiger charge is 2.23. The average Bonchev–Trinajstić information content (AvgIpc) is 2.54. The Morgan fingerprint density at radius 2 is 2.00 bits per heavy atom. The van der Waals surface area contributed by atoms with Gasteiger partial charge in [-0.15, -0.1) is 0 Å². The SMILES string of the molecule is Cc1nc(NC(=O)OC(C)(C)C)sc1C(O)C(=O)O. The van der Waals surface area contributed by atoms with Crippen molar-refractivity contribution in [3.8, 4) is 0 Å². The van der Waals surface area contributed by atoms with Crippen LogP contribution in [0.3, 0.4) is 0 Å². The molecule has 3 N–H and O–H groups in total. The molecular weight excluding hydrogens is 272 g/mol. The molecule has 0 saturated heterocycles. The minimum atomic E-state index is -1.65. The molecule has 19 heavy (non-hydrogen) atoms. The number of aliphatic hydroxyl groups is 1. The lowest BCUT2D eigenvalue weighted by Gasteiger charge is -2.18. The molecule has 1 aromatic heterocycles. The second-order valence-corrected chi connectivity index (χ2v) is 5.87. The predicted octanol–water partition coefficient (Wildman–Crippen LogP) is 1.92. The molecule has 106 valence electrons. The van der Waals surface area contributed by atoms with Crippen LogP contribution in [0.15, 0.2) is 0 Å². The molecule has 7 nitrogen and oxygen atoms in total. The molecule has 1 amide bonds. The molecule has 0 aliphatic heterocycles. The number of carbonyl (C=O) groups is 2. The van der Waals surface area contributed by atoms with Gasteiger partial charge in [0.05, 0.1) is 10.6 Å². The molecule has 0 radical (unpaired) electrons. The van der Waals surface area contributed by atoms with Gasteiger partial charge in [-0.3, -0.25) is 5.32 Å². The van der Waals surface area contributed by atoms with Crippen molar-refractivity contribution in [3.63, 3.8) is 0 Å². The summed E-state index contributed by atoms with van der Waals surface area (Å²) in [7, 11) is 0. The minimum Gasteiger partial charge on any atom is -0.479 e. The lowest BCUT2D eigenvalue weighted by atomic mass is 10.2. The number of rotatable bonds is 3. The number of carboxylic acids is 1. The number of aliphatic hydroxyl groups excluding tert-OH is 1. The Morgan fingerprint density at radius 1 is 1.42 bits per heavy atom. The Kier molecular flexibility index (Phi) is 4.48. The molecule has 8 heteroatoms. The number of nitrogens with one attached hydrogen (secondary N) is 1. The second kappa shape index (κ2) is 5.54. The van der Waals surface area contributed by atoms with Gasteiger partial charge < -0.3 is 14.9 Å². The van der Waals surface area contributed by atoms with Crippen LogP contribution in [0, 0.1) is 6.92 Å². The van der Waals surface area contributed by atoms with E-state index in [0.717, 1.165) is 11.3 Å². The van der Waals surface area contributed by atoms with Crippen molar-refractivity contribution in [3.05, 3.63) is 10.6 Å². The molecule has 0 fully saturated rings. The maximum Gasteiger partial charge on any atom is 0.413 e. The summed E-state index contributed by atoms with van der Waals surface area (Å²) in [5, 5.41) is 20.7. The molecular formula is C11H16N2O5S. The van der Waals surface area contributed by atoms with E-state index < -0.39 is 23.8 Å². The van der Waals surface area contributed by atoms with Crippen molar-refractivity contribution in [2.24, 2.45) is 0 Å². The number of aryl methyl sites for hydroxylation is 1. The van der Waals surface area contributed by atoms with Gasteiger partial charge in [-0.2, -0.15) is 0 Å². The van der Waals surface area contributed by atoms with E-state index in [2.05, 4.69) is 10.3 Å². The van der Waals surface area contributed by atoms with Crippen LogP contribution >= 0.6 is 11.3 Å². The Morgan fingerprint density at radius 3 is 2.47 bits per heavy atom. The van der Waals surface area contributed by atoms with Crippen LogP contribution in [0.5, 0.6) is 0 Å². The first-order valence-corrected chi connectivity index (χ1v) is 6.30. The van der Waals surface area contributed by atoms with E-state index in [1.165, 1.54) is 0 Å². The Bertz CT molecular complexity index is 492. The molecule has 1 aromatic rings. The number of aliphatic carboxylic acids is 1. The summed E-state index contributed by atoms with van der Waals surface area (Å²) in [4.78, 5) is 26.3. The van der Waals surface area contributed by atoms with Crippen LogP contribution in [0.4, 0.5) is 9.93 Å². The predicted molar refractivity (Wildman–Crippen MR) is 69.3 cm³/mol. The van der Waals surface area contributed by atoms with E-state index in [1.807, 2.05) is 0 Å². The first-order chi connectivity index (χ1) is 8.60. The maximum atomic E-state index is 11.5. The molecule has 0 aromatic carbocycles. The fourth-order valence-corrected chi connectivity index (χ4v) is 2.15. The Labute approximate surface area is 114 Å². The van der Waals surface area contributed by atoms with Gasteiger partial charge in [-0.05, 0) is 27.7 Å². The molecule has 0 saturated carbocycles. The number of thiazole rings is 1. The summed E-state index contributed by atoms with van der Waals surface area (Å²) >= 11 is 0.896. The van der Waals surface area contributed by atoms with Crippen molar-refractivity contribution < 1.29 is 24.5 Å². The molecule has 1 atom stereocenters. The quantitative estimate of drug-likeness (QED) is 0.784. The monoisotopic (exact) mass is 288 g/mol. The van der Waals surface area contributed by atoms with Crippen molar-refractivity contribution >= 4 is 28.5 Å². The fourth-order valence-electron chi connectivity index (χ4n) is 1.22. The van der Waals surface area contributed by atoms with Crippen molar-refractivity contribution in [1.29, 1.82) is 0 Å². The third-order valence-electron chi connectivity index (χ3n) is 1.92. The van der Waals surface area contributed by atoms with E-state index in [1.54, 1.807) is 27.7 Å². The van der Waals surface area contributed by atoms with Crippen molar-refractivity contribution in [1.82, 2.24) is 4.98 Å². The first kappa shape index (κ1) is 15.4. The van der Waals surface area contributed by atoms with Gasteiger partial charge in [0, 0.05) is 0 Å². The van der Waals surface area contributed by atoms with Crippen LogP contribution in [0.1, 0.15) is 37.4 Å². The zero-order valence-electron chi connectivity index (χ0n) is 11.1. The summed E-state index contributed by atoms with van der Waals surface area (Å²) < 4.78 is 5.04. The van der Waals surface area contributed by atoms with Crippen LogP contribution < -0.4 is 5.32 Å². The molecule has 1 heterocycles. The van der Waals surface area contributed by atoms with Gasteiger partial charge in [0.15, 0.2) is 11.2 Å². The summed E-state index contributed by atoms with van der Waals surface area (Å²) in [5.41, 5.74) is -0.286. The van der Waals surface area contributed by atoms with Crippen LogP contribution in [-0.4, -0.2) is 32.9 Å². The first-order valence-electron chi connectivity index (χ1n) is 5.48.